The summed E-state index contributed by atoms with van der Waals surface area (Å²) in [6.45, 7) is 0. The molecular formula is C12H4IN5O3. The van der Waals surface area contributed by atoms with E-state index >= 15 is 0 Å². The van der Waals surface area contributed by atoms with Crippen LogP contribution >= 0.6 is 22.6 Å². The van der Waals surface area contributed by atoms with Crippen LogP contribution in [0.2, 0.25) is 0 Å². The average Bonchev–Trinajstić information content (AvgIpc) is 2.49. The molecule has 0 spiro atoms. The Morgan fingerprint density at radius 2 is 1.95 bits per heavy atom. The first-order valence-electron chi connectivity index (χ1n) is 5.33. The zero-order valence-electron chi connectivity index (χ0n) is 10.1. The van der Waals surface area contributed by atoms with Crippen LogP contribution in [0.4, 0.5) is 5.69 Å². The topological polar surface area (TPSA) is 126 Å². The number of ether oxygens (including phenoxy) is 1. The minimum Gasteiger partial charge on any atom is -0.428 e. The smallest absolute Gasteiger partial charge is 0.314 e. The summed E-state index contributed by atoms with van der Waals surface area (Å²) in [6.07, 6.45) is 2.61. The molecule has 0 unspecified atom stereocenters. The fourth-order valence-corrected chi connectivity index (χ4v) is 2.18. The highest BCUT2D eigenvalue weighted by Crippen LogP contribution is 2.36. The molecule has 9 heteroatoms. The van der Waals surface area contributed by atoms with Crippen molar-refractivity contribution in [1.82, 2.24) is 9.97 Å². The lowest BCUT2D eigenvalue weighted by atomic mass is 10.2. The fourth-order valence-electron chi connectivity index (χ4n) is 1.45. The van der Waals surface area contributed by atoms with E-state index in [0.717, 1.165) is 6.07 Å². The van der Waals surface area contributed by atoms with Gasteiger partial charge < -0.3 is 4.74 Å². The highest BCUT2D eigenvalue weighted by molar-refractivity contribution is 14.1. The molecule has 8 nitrogen and oxygen atoms in total. The first kappa shape index (κ1) is 14.6. The lowest BCUT2D eigenvalue weighted by Crippen LogP contribution is -2.00. The number of halogens is 1. The molecule has 0 radical (unpaired) electrons. The maximum Gasteiger partial charge on any atom is 0.314 e. The van der Waals surface area contributed by atoms with Crippen LogP contribution in [0.15, 0.2) is 24.5 Å². The number of hydrogen-bond donors (Lipinski definition) is 0. The number of nitriles is 2. The van der Waals surface area contributed by atoms with E-state index in [0.29, 0.717) is 3.57 Å². The molecule has 21 heavy (non-hydrogen) atoms. The van der Waals surface area contributed by atoms with Crippen molar-refractivity contribution >= 4 is 28.3 Å². The lowest BCUT2D eigenvalue weighted by Gasteiger charge is -2.08. The first-order chi connectivity index (χ1) is 10.1. The van der Waals surface area contributed by atoms with Crippen molar-refractivity contribution in [3.05, 3.63) is 49.5 Å². The second-order valence-corrected chi connectivity index (χ2v) is 4.76. The predicted octanol–water partition coefficient (Wildman–Crippen LogP) is 2.53. The van der Waals surface area contributed by atoms with Crippen LogP contribution < -0.4 is 4.74 Å². The van der Waals surface area contributed by atoms with E-state index in [-0.39, 0.29) is 28.6 Å². The van der Waals surface area contributed by atoms with Gasteiger partial charge in [-0.3, -0.25) is 10.1 Å². The molecule has 0 amide bonds. The van der Waals surface area contributed by atoms with Crippen molar-refractivity contribution in [2.75, 3.05) is 0 Å². The number of nitro groups is 1. The Labute approximate surface area is 131 Å². The molecule has 0 saturated carbocycles. The number of hydrogen-bond acceptors (Lipinski definition) is 7. The molecule has 1 heterocycles. The van der Waals surface area contributed by atoms with Crippen LogP contribution in [-0.2, 0) is 0 Å². The van der Waals surface area contributed by atoms with Gasteiger partial charge in [-0.15, -0.1) is 0 Å². The summed E-state index contributed by atoms with van der Waals surface area (Å²) in [5.74, 6) is -0.220. The van der Waals surface area contributed by atoms with E-state index in [2.05, 4.69) is 9.97 Å². The molecule has 1 aromatic carbocycles. The maximum atomic E-state index is 11.1. The molecule has 0 N–H and O–H groups in total. The number of aromatic nitrogens is 2. The van der Waals surface area contributed by atoms with Crippen molar-refractivity contribution in [3.8, 4) is 23.8 Å². The van der Waals surface area contributed by atoms with Crippen molar-refractivity contribution in [3.63, 3.8) is 0 Å². The van der Waals surface area contributed by atoms with Gasteiger partial charge in [-0.05, 0) is 28.7 Å². The minimum atomic E-state index is -0.666. The van der Waals surface area contributed by atoms with E-state index in [1.54, 1.807) is 6.07 Å². The summed E-state index contributed by atoms with van der Waals surface area (Å²) in [5.41, 5.74) is -0.335. The third-order valence-corrected chi connectivity index (χ3v) is 3.12. The van der Waals surface area contributed by atoms with Gasteiger partial charge in [0.15, 0.2) is 0 Å². The number of nitro benzene ring substituents is 1. The van der Waals surface area contributed by atoms with Crippen LogP contribution in [0.3, 0.4) is 0 Å². The van der Waals surface area contributed by atoms with Gasteiger partial charge >= 0.3 is 5.69 Å². The van der Waals surface area contributed by atoms with Crippen LogP contribution in [-0.4, -0.2) is 14.9 Å². The highest BCUT2D eigenvalue weighted by Gasteiger charge is 2.22. The Balaban J connectivity index is 2.57. The van der Waals surface area contributed by atoms with E-state index in [4.69, 9.17) is 15.3 Å². The predicted molar refractivity (Wildman–Crippen MR) is 77.3 cm³/mol. The molecule has 0 bridgehead atoms. The second kappa shape index (κ2) is 6.11. The Hall–Kier alpha value is -2.79. The zero-order chi connectivity index (χ0) is 15.4. The lowest BCUT2D eigenvalue weighted by molar-refractivity contribution is -0.385. The average molecular weight is 393 g/mol. The Bertz CT molecular complexity index is 810. The Kier molecular flexibility index (Phi) is 4.25. The van der Waals surface area contributed by atoms with Gasteiger partial charge in [-0.2, -0.15) is 10.5 Å². The Morgan fingerprint density at radius 1 is 1.24 bits per heavy atom. The van der Waals surface area contributed by atoms with Crippen LogP contribution in [0.1, 0.15) is 11.3 Å². The summed E-state index contributed by atoms with van der Waals surface area (Å²) in [7, 11) is 0. The van der Waals surface area contributed by atoms with E-state index in [1.807, 2.05) is 28.7 Å². The van der Waals surface area contributed by atoms with Crippen molar-refractivity contribution < 1.29 is 9.66 Å². The van der Waals surface area contributed by atoms with E-state index in [1.165, 1.54) is 18.5 Å². The summed E-state index contributed by atoms with van der Waals surface area (Å²) in [6, 6.07) is 6.15. The SMILES string of the molecule is N#Cc1cc(I)c(Oc2nccnc2C#N)c([N+](=O)[O-])c1. The minimum absolute atomic E-state index is 0.0865. The molecule has 0 aliphatic carbocycles. The summed E-state index contributed by atoms with van der Waals surface area (Å²) in [5, 5.41) is 28.9. The van der Waals surface area contributed by atoms with E-state index < -0.39 is 4.92 Å². The third-order valence-electron chi connectivity index (χ3n) is 2.32. The van der Waals surface area contributed by atoms with Crippen molar-refractivity contribution in [2.45, 2.75) is 0 Å². The van der Waals surface area contributed by atoms with Gasteiger partial charge in [-0.25, -0.2) is 9.97 Å². The molecule has 2 aromatic rings. The van der Waals surface area contributed by atoms with Gasteiger partial charge in [0.25, 0.3) is 5.88 Å². The molecule has 0 aliphatic heterocycles. The monoisotopic (exact) mass is 393 g/mol. The molecule has 2 rings (SSSR count). The zero-order valence-corrected chi connectivity index (χ0v) is 12.3. The number of benzene rings is 1. The van der Waals surface area contributed by atoms with Crippen molar-refractivity contribution in [2.24, 2.45) is 0 Å². The van der Waals surface area contributed by atoms with E-state index in [9.17, 15) is 10.1 Å². The standard InChI is InChI=1S/C12H4IN5O3/c13-8-3-7(5-14)4-10(18(19)20)11(8)21-12-9(6-15)16-1-2-17-12/h1-4H. The number of rotatable bonds is 3. The second-order valence-electron chi connectivity index (χ2n) is 3.60. The van der Waals surface area contributed by atoms with Crippen LogP contribution in [0.25, 0.3) is 0 Å². The van der Waals surface area contributed by atoms with Gasteiger partial charge in [0.1, 0.15) is 6.07 Å². The maximum absolute atomic E-state index is 11.1. The summed E-state index contributed by atoms with van der Waals surface area (Å²) < 4.78 is 5.72. The van der Waals surface area contributed by atoms with Gasteiger partial charge in [0.05, 0.1) is 20.1 Å². The molecule has 0 aliphatic rings. The van der Waals surface area contributed by atoms with Gasteiger partial charge in [-0.1, -0.05) is 0 Å². The van der Waals surface area contributed by atoms with Crippen LogP contribution in [0, 0.1) is 36.3 Å². The fraction of sp³-hybridized carbons (Fsp3) is 0. The van der Waals surface area contributed by atoms with Gasteiger partial charge in [0.2, 0.25) is 11.4 Å². The van der Waals surface area contributed by atoms with Gasteiger partial charge in [0, 0.05) is 18.5 Å². The molecule has 102 valence electrons. The molecular weight excluding hydrogens is 389 g/mol. The quantitative estimate of drug-likeness (QED) is 0.446. The highest BCUT2D eigenvalue weighted by atomic mass is 127. The molecule has 0 saturated heterocycles. The summed E-state index contributed by atoms with van der Waals surface area (Å²) >= 11 is 1.81. The largest absolute Gasteiger partial charge is 0.428 e. The molecule has 0 atom stereocenters. The first-order valence-corrected chi connectivity index (χ1v) is 6.41. The summed E-state index contributed by atoms with van der Waals surface area (Å²) in [4.78, 5) is 18.0. The normalized spacial score (nSPS) is 9.48. The van der Waals surface area contributed by atoms with Crippen molar-refractivity contribution in [1.29, 1.82) is 10.5 Å². The Morgan fingerprint density at radius 3 is 2.57 bits per heavy atom. The molecule has 0 fully saturated rings. The number of nitrogens with zero attached hydrogens (tertiary/aromatic N) is 5. The molecule has 1 aromatic heterocycles. The third kappa shape index (κ3) is 3.04. The van der Waals surface area contributed by atoms with Crippen LogP contribution in [0.5, 0.6) is 11.6 Å².